The van der Waals surface area contributed by atoms with E-state index in [9.17, 15) is 9.59 Å². The average Bonchev–Trinajstić information content (AvgIpc) is 2.28. The number of carbonyl (C=O) groups excluding carboxylic acids is 2. The zero-order chi connectivity index (χ0) is 13.1. The van der Waals surface area contributed by atoms with E-state index >= 15 is 0 Å². The highest BCUT2D eigenvalue weighted by Crippen LogP contribution is 2.40. The highest BCUT2D eigenvalue weighted by atomic mass is 16.2. The van der Waals surface area contributed by atoms with Crippen LogP contribution in [0.25, 0.3) is 0 Å². The van der Waals surface area contributed by atoms with Crippen LogP contribution in [0, 0.1) is 11.8 Å². The number of hydrogen-bond acceptors (Lipinski definition) is 2. The maximum atomic E-state index is 11.3. The summed E-state index contributed by atoms with van der Waals surface area (Å²) in [7, 11) is 0. The quantitative estimate of drug-likeness (QED) is 0.784. The van der Waals surface area contributed by atoms with Crippen molar-refractivity contribution in [3.05, 3.63) is 0 Å². The topological polar surface area (TPSA) is 58.2 Å². The summed E-state index contributed by atoms with van der Waals surface area (Å²) in [6.45, 7) is 3.11. The molecule has 4 nitrogen and oxygen atoms in total. The van der Waals surface area contributed by atoms with Crippen molar-refractivity contribution in [2.75, 3.05) is 0 Å². The van der Waals surface area contributed by atoms with Crippen LogP contribution in [0.1, 0.15) is 52.4 Å². The third-order valence-electron chi connectivity index (χ3n) is 4.44. The maximum absolute atomic E-state index is 11.3. The zero-order valence-electron chi connectivity index (χ0n) is 11.4. The SMILES string of the molecule is CC(=O)N[C@H]1C[C@H]2CCCC[C@@H]2C[C@@H]1NC(C)=O. The van der Waals surface area contributed by atoms with Gasteiger partial charge in [0.05, 0.1) is 0 Å². The van der Waals surface area contributed by atoms with Gasteiger partial charge < -0.3 is 10.6 Å². The molecule has 102 valence electrons. The monoisotopic (exact) mass is 252 g/mol. The summed E-state index contributed by atoms with van der Waals surface area (Å²) in [5, 5.41) is 6.03. The summed E-state index contributed by atoms with van der Waals surface area (Å²) < 4.78 is 0. The number of rotatable bonds is 2. The normalized spacial score (nSPS) is 35.4. The second kappa shape index (κ2) is 5.72. The Morgan fingerprint density at radius 1 is 0.833 bits per heavy atom. The van der Waals surface area contributed by atoms with Crippen LogP contribution in [0.2, 0.25) is 0 Å². The molecule has 0 heterocycles. The molecule has 2 amide bonds. The van der Waals surface area contributed by atoms with Crippen LogP contribution in [0.4, 0.5) is 0 Å². The molecule has 2 fully saturated rings. The third-order valence-corrected chi connectivity index (χ3v) is 4.44. The first-order valence-corrected chi connectivity index (χ1v) is 7.10. The first-order valence-electron chi connectivity index (χ1n) is 7.10. The van der Waals surface area contributed by atoms with E-state index in [1.54, 1.807) is 13.8 Å². The summed E-state index contributed by atoms with van der Waals surface area (Å²) in [5.41, 5.74) is 0. The van der Waals surface area contributed by atoms with Gasteiger partial charge in [-0.05, 0) is 24.7 Å². The van der Waals surface area contributed by atoms with E-state index < -0.39 is 0 Å². The molecular weight excluding hydrogens is 228 g/mol. The summed E-state index contributed by atoms with van der Waals surface area (Å²) in [6.07, 6.45) is 7.25. The van der Waals surface area contributed by atoms with Gasteiger partial charge in [0.2, 0.25) is 11.8 Å². The van der Waals surface area contributed by atoms with Crippen LogP contribution in [0.5, 0.6) is 0 Å². The van der Waals surface area contributed by atoms with Crippen molar-refractivity contribution in [1.82, 2.24) is 10.6 Å². The van der Waals surface area contributed by atoms with Crippen molar-refractivity contribution in [3.63, 3.8) is 0 Å². The molecule has 2 rings (SSSR count). The lowest BCUT2D eigenvalue weighted by molar-refractivity contribution is -0.123. The third kappa shape index (κ3) is 3.24. The summed E-state index contributed by atoms with van der Waals surface area (Å²) >= 11 is 0. The molecular formula is C14H24N2O2. The van der Waals surface area contributed by atoms with Gasteiger partial charge in [0.15, 0.2) is 0 Å². The van der Waals surface area contributed by atoms with Crippen LogP contribution in [0.3, 0.4) is 0 Å². The molecule has 0 saturated heterocycles. The second-order valence-corrected chi connectivity index (χ2v) is 5.89. The minimum atomic E-state index is 0.00427. The number of amides is 2. The van der Waals surface area contributed by atoms with Crippen molar-refractivity contribution in [1.29, 1.82) is 0 Å². The molecule has 0 aromatic heterocycles. The van der Waals surface area contributed by atoms with Gasteiger partial charge in [-0.1, -0.05) is 25.7 Å². The van der Waals surface area contributed by atoms with Gasteiger partial charge >= 0.3 is 0 Å². The van der Waals surface area contributed by atoms with E-state index in [2.05, 4.69) is 10.6 Å². The maximum Gasteiger partial charge on any atom is 0.217 e. The van der Waals surface area contributed by atoms with E-state index in [0.29, 0.717) is 0 Å². The lowest BCUT2D eigenvalue weighted by atomic mass is 9.67. The Kier molecular flexibility index (Phi) is 4.25. The molecule has 0 aliphatic heterocycles. The van der Waals surface area contributed by atoms with E-state index in [1.807, 2.05) is 0 Å². The average molecular weight is 252 g/mol. The molecule has 2 aliphatic rings. The number of carbonyl (C=O) groups is 2. The fourth-order valence-corrected chi connectivity index (χ4v) is 3.73. The fraction of sp³-hybridized carbons (Fsp3) is 0.857. The Morgan fingerprint density at radius 2 is 1.22 bits per heavy atom. The number of hydrogen-bond donors (Lipinski definition) is 2. The van der Waals surface area contributed by atoms with Gasteiger partial charge in [0.25, 0.3) is 0 Å². The zero-order valence-corrected chi connectivity index (χ0v) is 11.4. The molecule has 0 bridgehead atoms. The minimum Gasteiger partial charge on any atom is -0.352 e. The molecule has 0 radical (unpaired) electrons. The Balaban J connectivity index is 2.03. The predicted molar refractivity (Wildman–Crippen MR) is 69.9 cm³/mol. The molecule has 4 atom stereocenters. The molecule has 0 aromatic rings. The summed E-state index contributed by atoms with van der Waals surface area (Å²) in [5.74, 6) is 1.48. The van der Waals surface area contributed by atoms with E-state index in [1.165, 1.54) is 25.7 Å². The van der Waals surface area contributed by atoms with Gasteiger partial charge in [-0.25, -0.2) is 0 Å². The Hall–Kier alpha value is -1.06. The van der Waals surface area contributed by atoms with Crippen molar-refractivity contribution >= 4 is 11.8 Å². The molecule has 2 aliphatic carbocycles. The van der Waals surface area contributed by atoms with Crippen molar-refractivity contribution in [2.24, 2.45) is 11.8 Å². The standard InChI is InChI=1S/C14H24N2O2/c1-9(17)15-13-7-11-5-3-4-6-12(11)8-14(13)16-10(2)18/h11-14H,3-8H2,1-2H3,(H,15,17)(H,16,18)/t11-,12-,13+,14+/m1/s1. The van der Waals surface area contributed by atoms with E-state index in [-0.39, 0.29) is 23.9 Å². The van der Waals surface area contributed by atoms with Gasteiger partial charge in [0, 0.05) is 25.9 Å². The molecule has 0 aromatic carbocycles. The Bertz CT molecular complexity index is 298. The van der Waals surface area contributed by atoms with Crippen LogP contribution < -0.4 is 10.6 Å². The van der Waals surface area contributed by atoms with Crippen molar-refractivity contribution in [2.45, 2.75) is 64.5 Å². The van der Waals surface area contributed by atoms with Crippen LogP contribution >= 0.6 is 0 Å². The minimum absolute atomic E-state index is 0.00427. The van der Waals surface area contributed by atoms with Crippen LogP contribution in [-0.2, 0) is 9.59 Å². The predicted octanol–water partition coefficient (Wildman–Crippen LogP) is 1.60. The van der Waals surface area contributed by atoms with Crippen LogP contribution in [-0.4, -0.2) is 23.9 Å². The molecule has 2 N–H and O–H groups in total. The molecule has 0 spiro atoms. The Morgan fingerprint density at radius 3 is 1.56 bits per heavy atom. The van der Waals surface area contributed by atoms with E-state index in [4.69, 9.17) is 0 Å². The smallest absolute Gasteiger partial charge is 0.217 e. The highest BCUT2D eigenvalue weighted by molar-refractivity contribution is 5.75. The highest BCUT2D eigenvalue weighted by Gasteiger charge is 2.38. The molecule has 0 unspecified atom stereocenters. The lowest BCUT2D eigenvalue weighted by Gasteiger charge is -2.44. The molecule has 4 heteroatoms. The number of fused-ring (bicyclic) bond motifs is 1. The summed E-state index contributed by atoms with van der Waals surface area (Å²) in [4.78, 5) is 22.6. The van der Waals surface area contributed by atoms with Crippen molar-refractivity contribution < 1.29 is 9.59 Å². The molecule has 18 heavy (non-hydrogen) atoms. The first-order chi connectivity index (χ1) is 8.56. The molecule has 2 saturated carbocycles. The van der Waals surface area contributed by atoms with Gasteiger partial charge in [-0.3, -0.25) is 9.59 Å². The lowest BCUT2D eigenvalue weighted by Crippen LogP contribution is -2.56. The Labute approximate surface area is 109 Å². The van der Waals surface area contributed by atoms with Gasteiger partial charge in [-0.2, -0.15) is 0 Å². The van der Waals surface area contributed by atoms with Crippen molar-refractivity contribution in [3.8, 4) is 0 Å². The fourth-order valence-electron chi connectivity index (χ4n) is 3.73. The van der Waals surface area contributed by atoms with Crippen LogP contribution in [0.15, 0.2) is 0 Å². The van der Waals surface area contributed by atoms with Gasteiger partial charge in [0.1, 0.15) is 0 Å². The first kappa shape index (κ1) is 13.4. The van der Waals surface area contributed by atoms with E-state index in [0.717, 1.165) is 24.7 Å². The van der Waals surface area contributed by atoms with Gasteiger partial charge in [-0.15, -0.1) is 0 Å². The largest absolute Gasteiger partial charge is 0.352 e. The number of nitrogens with one attached hydrogen (secondary N) is 2. The summed E-state index contributed by atoms with van der Waals surface area (Å²) in [6, 6.07) is 0.233. The second-order valence-electron chi connectivity index (χ2n) is 5.89.